The molecular weight excluding hydrogens is 397 g/mol. The van der Waals surface area contributed by atoms with Gasteiger partial charge >= 0.3 is 5.97 Å². The number of nitrogens with one attached hydrogen (secondary N) is 2. The van der Waals surface area contributed by atoms with E-state index < -0.39 is 17.7 Å². The number of rotatable bonds is 6. The van der Waals surface area contributed by atoms with Gasteiger partial charge < -0.3 is 21.1 Å². The maximum absolute atomic E-state index is 14.1. The second-order valence-electron chi connectivity index (χ2n) is 7.20. The largest absolute Gasteiger partial charge is 0.481 e. The normalized spacial score (nSPS) is 10.9. The van der Waals surface area contributed by atoms with Gasteiger partial charge in [0.05, 0.1) is 6.42 Å². The lowest BCUT2D eigenvalue weighted by Gasteiger charge is -2.12. The van der Waals surface area contributed by atoms with Crippen molar-refractivity contribution in [1.82, 2.24) is 4.98 Å². The Bertz CT molecular complexity index is 1300. The Kier molecular flexibility index (Phi) is 5.51. The topological polar surface area (TPSA) is 108 Å². The van der Waals surface area contributed by atoms with E-state index in [1.54, 1.807) is 48.7 Å². The highest BCUT2D eigenvalue weighted by Crippen LogP contribution is 2.31. The summed E-state index contributed by atoms with van der Waals surface area (Å²) in [6.45, 7) is 0.196. The first-order chi connectivity index (χ1) is 14.9. The van der Waals surface area contributed by atoms with Crippen molar-refractivity contribution in [3.63, 3.8) is 0 Å². The summed E-state index contributed by atoms with van der Waals surface area (Å²) in [7, 11) is 0. The number of aliphatic carboxylic acids is 1. The SMILES string of the molecule is NCc1cc(F)cc(-c2cc(C(=O)Nc3ccccc3CC(=O)O)cc3[nH]ccc23)c1. The first kappa shape index (κ1) is 20.3. The highest BCUT2D eigenvalue weighted by atomic mass is 19.1. The molecule has 0 saturated heterocycles. The van der Waals surface area contributed by atoms with Gasteiger partial charge in [0, 0.05) is 34.9 Å². The predicted molar refractivity (Wildman–Crippen MR) is 117 cm³/mol. The van der Waals surface area contributed by atoms with E-state index in [4.69, 9.17) is 10.8 Å². The summed E-state index contributed by atoms with van der Waals surface area (Å²) in [4.78, 5) is 27.2. The monoisotopic (exact) mass is 417 g/mol. The molecule has 5 N–H and O–H groups in total. The average Bonchev–Trinajstić information content (AvgIpc) is 3.22. The Morgan fingerprint density at radius 1 is 1.06 bits per heavy atom. The number of halogens is 1. The molecule has 0 spiro atoms. The number of carbonyl (C=O) groups excluding carboxylic acids is 1. The van der Waals surface area contributed by atoms with Crippen molar-refractivity contribution in [2.45, 2.75) is 13.0 Å². The number of carboxylic acids is 1. The molecule has 156 valence electrons. The maximum atomic E-state index is 14.1. The fourth-order valence-corrected chi connectivity index (χ4v) is 3.61. The zero-order valence-corrected chi connectivity index (χ0v) is 16.5. The molecule has 4 aromatic rings. The maximum Gasteiger partial charge on any atom is 0.307 e. The van der Waals surface area contributed by atoms with Crippen LogP contribution in [-0.2, 0) is 17.8 Å². The molecule has 3 aromatic carbocycles. The van der Waals surface area contributed by atoms with Crippen LogP contribution in [0, 0.1) is 5.82 Å². The minimum Gasteiger partial charge on any atom is -0.481 e. The molecule has 0 fully saturated rings. The van der Waals surface area contributed by atoms with Crippen molar-refractivity contribution in [1.29, 1.82) is 0 Å². The van der Waals surface area contributed by atoms with Crippen molar-refractivity contribution in [2.75, 3.05) is 5.32 Å². The van der Waals surface area contributed by atoms with Crippen molar-refractivity contribution in [3.05, 3.63) is 89.4 Å². The molecular formula is C24H20FN3O3. The molecule has 0 unspecified atom stereocenters. The zero-order valence-electron chi connectivity index (χ0n) is 16.5. The van der Waals surface area contributed by atoms with E-state index >= 15 is 0 Å². The highest BCUT2D eigenvalue weighted by Gasteiger charge is 2.15. The van der Waals surface area contributed by atoms with Crippen LogP contribution in [-0.4, -0.2) is 22.0 Å². The molecule has 1 aromatic heterocycles. The summed E-state index contributed by atoms with van der Waals surface area (Å²) in [5.41, 5.74) is 9.66. The Hall–Kier alpha value is -3.97. The minimum absolute atomic E-state index is 0.196. The molecule has 0 radical (unpaired) electrons. The zero-order chi connectivity index (χ0) is 22.0. The second kappa shape index (κ2) is 8.41. The number of hydrogen-bond donors (Lipinski definition) is 4. The van der Waals surface area contributed by atoms with Crippen LogP contribution in [0.25, 0.3) is 22.0 Å². The van der Waals surface area contributed by atoms with Crippen LogP contribution >= 0.6 is 0 Å². The Morgan fingerprint density at radius 2 is 1.87 bits per heavy atom. The number of aromatic amines is 1. The van der Waals surface area contributed by atoms with Gasteiger partial charge in [-0.15, -0.1) is 0 Å². The van der Waals surface area contributed by atoms with Gasteiger partial charge in [-0.25, -0.2) is 4.39 Å². The van der Waals surface area contributed by atoms with Gasteiger partial charge in [0.25, 0.3) is 5.91 Å². The lowest BCUT2D eigenvalue weighted by Crippen LogP contribution is -2.14. The van der Waals surface area contributed by atoms with E-state index in [1.165, 1.54) is 12.1 Å². The fraction of sp³-hybridized carbons (Fsp3) is 0.0833. The average molecular weight is 417 g/mol. The number of fused-ring (bicyclic) bond motifs is 1. The Morgan fingerprint density at radius 3 is 2.65 bits per heavy atom. The van der Waals surface area contributed by atoms with Gasteiger partial charge in [-0.2, -0.15) is 0 Å². The number of nitrogens with two attached hydrogens (primary N) is 1. The molecule has 0 atom stereocenters. The van der Waals surface area contributed by atoms with Crippen molar-refractivity contribution >= 4 is 28.5 Å². The highest BCUT2D eigenvalue weighted by molar-refractivity contribution is 6.09. The number of carbonyl (C=O) groups is 2. The number of aromatic nitrogens is 1. The molecule has 4 rings (SSSR count). The second-order valence-corrected chi connectivity index (χ2v) is 7.20. The summed E-state index contributed by atoms with van der Waals surface area (Å²) in [5.74, 6) is -1.79. The molecule has 6 nitrogen and oxygen atoms in total. The van der Waals surface area contributed by atoms with Crippen molar-refractivity contribution in [2.24, 2.45) is 5.73 Å². The van der Waals surface area contributed by atoms with E-state index in [1.807, 2.05) is 6.07 Å². The molecule has 1 amide bonds. The molecule has 0 aliphatic heterocycles. The minimum atomic E-state index is -0.987. The van der Waals surface area contributed by atoms with Crippen molar-refractivity contribution < 1.29 is 19.1 Å². The van der Waals surface area contributed by atoms with Crippen LogP contribution in [0.15, 0.2) is 66.9 Å². The Labute approximate surface area is 177 Å². The van der Waals surface area contributed by atoms with E-state index in [9.17, 15) is 14.0 Å². The van der Waals surface area contributed by atoms with Gasteiger partial charge in [-0.3, -0.25) is 9.59 Å². The van der Waals surface area contributed by atoms with Crippen LogP contribution in [0.4, 0.5) is 10.1 Å². The van der Waals surface area contributed by atoms with Crippen LogP contribution in [0.5, 0.6) is 0 Å². The van der Waals surface area contributed by atoms with E-state index in [2.05, 4.69) is 10.3 Å². The summed E-state index contributed by atoms with van der Waals surface area (Å²) < 4.78 is 14.1. The summed E-state index contributed by atoms with van der Waals surface area (Å²) >= 11 is 0. The molecule has 1 heterocycles. The van der Waals surface area contributed by atoms with Gasteiger partial charge in [0.1, 0.15) is 5.82 Å². The number of amides is 1. The first-order valence-electron chi connectivity index (χ1n) is 9.66. The third kappa shape index (κ3) is 4.31. The smallest absolute Gasteiger partial charge is 0.307 e. The summed E-state index contributed by atoms with van der Waals surface area (Å²) in [6.07, 6.45) is 1.55. The van der Waals surface area contributed by atoms with Crippen molar-refractivity contribution in [3.8, 4) is 11.1 Å². The van der Waals surface area contributed by atoms with Crippen LogP contribution < -0.4 is 11.1 Å². The standard InChI is InChI=1S/C24H20FN3O3/c25-18-8-14(13-26)7-16(9-18)20-10-17(11-22-19(20)5-6-27-22)24(31)28-21-4-2-1-3-15(21)12-23(29)30/h1-11,27H,12-13,26H2,(H,28,31)(H,29,30). The number of carboxylic acid groups (broad SMARTS) is 1. The van der Waals surface area contributed by atoms with Crippen LogP contribution in [0.3, 0.4) is 0 Å². The fourth-order valence-electron chi connectivity index (χ4n) is 3.61. The van der Waals surface area contributed by atoms with E-state index in [0.717, 1.165) is 10.9 Å². The molecule has 0 aliphatic rings. The third-order valence-corrected chi connectivity index (χ3v) is 5.04. The molecule has 7 heteroatoms. The first-order valence-corrected chi connectivity index (χ1v) is 9.66. The number of hydrogen-bond acceptors (Lipinski definition) is 3. The molecule has 31 heavy (non-hydrogen) atoms. The summed E-state index contributed by atoms with van der Waals surface area (Å²) in [6, 6.07) is 16.6. The van der Waals surface area contributed by atoms with Crippen LogP contribution in [0.2, 0.25) is 0 Å². The molecule has 0 saturated carbocycles. The summed E-state index contributed by atoms with van der Waals surface area (Å²) in [5, 5.41) is 12.7. The van der Waals surface area contributed by atoms with Crippen LogP contribution in [0.1, 0.15) is 21.5 Å². The molecule has 0 aliphatic carbocycles. The lowest BCUT2D eigenvalue weighted by atomic mass is 9.97. The number of benzene rings is 3. The van der Waals surface area contributed by atoms with Gasteiger partial charge in [0.2, 0.25) is 0 Å². The number of anilines is 1. The number of para-hydroxylation sites is 1. The Balaban J connectivity index is 1.76. The number of H-pyrrole nitrogens is 1. The third-order valence-electron chi connectivity index (χ3n) is 5.04. The van der Waals surface area contributed by atoms with Gasteiger partial charge in [-0.1, -0.05) is 18.2 Å². The molecule has 0 bridgehead atoms. The van der Waals surface area contributed by atoms with Gasteiger partial charge in [0.15, 0.2) is 0 Å². The van der Waals surface area contributed by atoms with E-state index in [-0.39, 0.29) is 13.0 Å². The predicted octanol–water partition coefficient (Wildman–Crippen LogP) is 4.31. The van der Waals surface area contributed by atoms with Gasteiger partial charge in [-0.05, 0) is 64.7 Å². The lowest BCUT2D eigenvalue weighted by molar-refractivity contribution is -0.136. The quantitative estimate of drug-likeness (QED) is 0.375. The van der Waals surface area contributed by atoms with E-state index in [0.29, 0.717) is 33.5 Å².